The molecule has 0 aliphatic heterocycles. The summed E-state index contributed by atoms with van der Waals surface area (Å²) < 4.78 is 0. The monoisotopic (exact) mass is 250 g/mol. The topological polar surface area (TPSA) is 83.1 Å². The van der Waals surface area contributed by atoms with Crippen LogP contribution in [-0.2, 0) is 4.79 Å². The van der Waals surface area contributed by atoms with Crippen LogP contribution in [0.5, 0.6) is 0 Å². The predicted molar refractivity (Wildman–Crippen MR) is 69.4 cm³/mol. The number of aromatic nitrogens is 1. The van der Waals surface area contributed by atoms with E-state index in [1.807, 2.05) is 13.8 Å². The third kappa shape index (κ3) is 4.40. The summed E-state index contributed by atoms with van der Waals surface area (Å²) in [6.45, 7) is 5.00. The summed E-state index contributed by atoms with van der Waals surface area (Å²) in [6.07, 6.45) is 0. The highest BCUT2D eigenvalue weighted by Crippen LogP contribution is 2.04. The molecule has 1 aromatic rings. The van der Waals surface area contributed by atoms with Crippen molar-refractivity contribution < 1.29 is 9.59 Å². The minimum atomic E-state index is -0.360. The fraction of sp³-hybridized carbons (Fsp3) is 0.417. The van der Waals surface area contributed by atoms with Gasteiger partial charge in [-0.15, -0.1) is 0 Å². The minimum absolute atomic E-state index is 0.0419. The molecule has 3 N–H and O–H groups in total. The number of carbonyl (C=O) groups excluding carboxylic acids is 2. The van der Waals surface area contributed by atoms with Gasteiger partial charge >= 0.3 is 0 Å². The van der Waals surface area contributed by atoms with Crippen molar-refractivity contribution in [2.45, 2.75) is 13.8 Å². The van der Waals surface area contributed by atoms with Crippen LogP contribution in [0.1, 0.15) is 24.3 Å². The molecular formula is C12H18N4O2. The molecule has 18 heavy (non-hydrogen) atoms. The summed E-state index contributed by atoms with van der Waals surface area (Å²) in [5, 5.41) is 8.13. The lowest BCUT2D eigenvalue weighted by molar-refractivity contribution is -0.120. The second kappa shape index (κ2) is 7.26. The number of nitrogens with one attached hydrogen (secondary N) is 3. The third-order valence-electron chi connectivity index (χ3n) is 2.12. The molecule has 6 nitrogen and oxygen atoms in total. The third-order valence-corrected chi connectivity index (χ3v) is 2.12. The molecule has 0 radical (unpaired) electrons. The van der Waals surface area contributed by atoms with E-state index < -0.39 is 0 Å². The van der Waals surface area contributed by atoms with E-state index in [9.17, 15) is 9.59 Å². The standard InChI is InChI=1S/C12H18N4O2/c1-3-13-10-7-5-6-9(16-10)12(18)15-8-11(17)14-4-2/h5-7H,3-4,8H2,1-2H3,(H,13,16)(H,14,17)(H,15,18). The van der Waals surface area contributed by atoms with E-state index in [1.165, 1.54) is 0 Å². The number of nitrogens with zero attached hydrogens (tertiary/aromatic N) is 1. The van der Waals surface area contributed by atoms with Crippen LogP contribution >= 0.6 is 0 Å². The van der Waals surface area contributed by atoms with Crippen LogP contribution < -0.4 is 16.0 Å². The fourth-order valence-corrected chi connectivity index (χ4v) is 1.35. The van der Waals surface area contributed by atoms with Crippen molar-refractivity contribution in [3.05, 3.63) is 23.9 Å². The van der Waals surface area contributed by atoms with Gasteiger partial charge in [-0.05, 0) is 26.0 Å². The van der Waals surface area contributed by atoms with Crippen LogP contribution in [0, 0.1) is 0 Å². The zero-order chi connectivity index (χ0) is 13.4. The summed E-state index contributed by atoms with van der Waals surface area (Å²) in [5.74, 6) is 0.0675. The van der Waals surface area contributed by atoms with Crippen molar-refractivity contribution in [3.63, 3.8) is 0 Å². The van der Waals surface area contributed by atoms with Crippen LogP contribution in [-0.4, -0.2) is 36.4 Å². The van der Waals surface area contributed by atoms with E-state index in [-0.39, 0.29) is 24.1 Å². The van der Waals surface area contributed by atoms with Crippen molar-refractivity contribution in [1.82, 2.24) is 15.6 Å². The van der Waals surface area contributed by atoms with Crippen molar-refractivity contribution in [2.24, 2.45) is 0 Å². The van der Waals surface area contributed by atoms with Gasteiger partial charge in [0, 0.05) is 13.1 Å². The summed E-state index contributed by atoms with van der Waals surface area (Å²) in [6, 6.07) is 5.13. The molecule has 0 saturated heterocycles. The number of hydrogen-bond donors (Lipinski definition) is 3. The van der Waals surface area contributed by atoms with Crippen LogP contribution in [0.25, 0.3) is 0 Å². The van der Waals surface area contributed by atoms with Crippen molar-refractivity contribution in [2.75, 3.05) is 25.0 Å². The lowest BCUT2D eigenvalue weighted by Gasteiger charge is -2.06. The van der Waals surface area contributed by atoms with Gasteiger partial charge in [0.25, 0.3) is 5.91 Å². The van der Waals surface area contributed by atoms with Crippen LogP contribution in [0.3, 0.4) is 0 Å². The Kier molecular flexibility index (Phi) is 5.63. The maximum atomic E-state index is 11.7. The molecule has 0 aromatic carbocycles. The predicted octanol–water partition coefficient (Wildman–Crippen LogP) is 0.379. The fourth-order valence-electron chi connectivity index (χ4n) is 1.35. The van der Waals surface area contributed by atoms with Crippen LogP contribution in [0.15, 0.2) is 18.2 Å². The zero-order valence-electron chi connectivity index (χ0n) is 10.6. The SMILES string of the molecule is CCNC(=O)CNC(=O)c1cccc(NCC)n1. The number of carbonyl (C=O) groups is 2. The Bertz CT molecular complexity index is 420. The van der Waals surface area contributed by atoms with Crippen molar-refractivity contribution >= 4 is 17.6 Å². The van der Waals surface area contributed by atoms with Gasteiger partial charge in [0.05, 0.1) is 6.54 Å². The first-order valence-corrected chi connectivity index (χ1v) is 5.93. The summed E-state index contributed by atoms with van der Waals surface area (Å²) in [5.41, 5.74) is 0.290. The molecule has 0 bridgehead atoms. The maximum Gasteiger partial charge on any atom is 0.270 e. The minimum Gasteiger partial charge on any atom is -0.370 e. The Hall–Kier alpha value is -2.11. The molecular weight excluding hydrogens is 232 g/mol. The number of hydrogen-bond acceptors (Lipinski definition) is 4. The molecule has 1 aromatic heterocycles. The average molecular weight is 250 g/mol. The first-order chi connectivity index (χ1) is 8.67. The molecule has 1 heterocycles. The number of rotatable bonds is 6. The Morgan fingerprint density at radius 1 is 1.17 bits per heavy atom. The lowest BCUT2D eigenvalue weighted by atomic mass is 10.3. The molecule has 0 spiro atoms. The molecule has 6 heteroatoms. The number of anilines is 1. The largest absolute Gasteiger partial charge is 0.370 e. The van der Waals surface area contributed by atoms with Crippen LogP contribution in [0.2, 0.25) is 0 Å². The lowest BCUT2D eigenvalue weighted by Crippen LogP contribution is -2.37. The highest BCUT2D eigenvalue weighted by Gasteiger charge is 2.09. The molecule has 0 fully saturated rings. The van der Waals surface area contributed by atoms with Crippen LogP contribution in [0.4, 0.5) is 5.82 Å². The van der Waals surface area contributed by atoms with Gasteiger partial charge in [-0.2, -0.15) is 0 Å². The van der Waals surface area contributed by atoms with Gasteiger partial charge in [0.15, 0.2) is 0 Å². The Labute approximate surface area is 106 Å². The highest BCUT2D eigenvalue weighted by atomic mass is 16.2. The molecule has 0 atom stereocenters. The van der Waals surface area contributed by atoms with E-state index >= 15 is 0 Å². The second-order valence-electron chi connectivity index (χ2n) is 3.57. The van der Waals surface area contributed by atoms with Gasteiger partial charge < -0.3 is 16.0 Å². The molecule has 0 saturated carbocycles. The van der Waals surface area contributed by atoms with E-state index in [4.69, 9.17) is 0 Å². The molecule has 0 aliphatic rings. The van der Waals surface area contributed by atoms with Gasteiger partial charge in [-0.3, -0.25) is 9.59 Å². The van der Waals surface area contributed by atoms with E-state index in [0.717, 1.165) is 6.54 Å². The summed E-state index contributed by atoms with van der Waals surface area (Å²) in [7, 11) is 0. The highest BCUT2D eigenvalue weighted by molar-refractivity contribution is 5.95. The normalized spacial score (nSPS) is 9.67. The quantitative estimate of drug-likeness (QED) is 0.681. The van der Waals surface area contributed by atoms with Gasteiger partial charge in [0.1, 0.15) is 11.5 Å². The van der Waals surface area contributed by atoms with E-state index in [1.54, 1.807) is 18.2 Å². The zero-order valence-corrected chi connectivity index (χ0v) is 10.6. The first kappa shape index (κ1) is 14.0. The summed E-state index contributed by atoms with van der Waals surface area (Å²) in [4.78, 5) is 27.0. The Morgan fingerprint density at radius 2 is 1.94 bits per heavy atom. The van der Waals surface area contributed by atoms with E-state index in [2.05, 4.69) is 20.9 Å². The van der Waals surface area contributed by atoms with Gasteiger partial charge in [0.2, 0.25) is 5.91 Å². The molecule has 1 rings (SSSR count). The average Bonchev–Trinajstić information content (AvgIpc) is 2.37. The Balaban J connectivity index is 2.55. The van der Waals surface area contributed by atoms with Crippen molar-refractivity contribution in [1.29, 1.82) is 0 Å². The summed E-state index contributed by atoms with van der Waals surface area (Å²) >= 11 is 0. The van der Waals surface area contributed by atoms with E-state index in [0.29, 0.717) is 12.4 Å². The Morgan fingerprint density at radius 3 is 2.61 bits per heavy atom. The van der Waals surface area contributed by atoms with Gasteiger partial charge in [-0.1, -0.05) is 6.07 Å². The number of pyridine rings is 1. The number of likely N-dealkylation sites (N-methyl/N-ethyl adjacent to an activating group) is 1. The maximum absolute atomic E-state index is 11.7. The molecule has 0 aliphatic carbocycles. The first-order valence-electron chi connectivity index (χ1n) is 5.93. The molecule has 2 amide bonds. The smallest absolute Gasteiger partial charge is 0.270 e. The van der Waals surface area contributed by atoms with Gasteiger partial charge in [-0.25, -0.2) is 4.98 Å². The van der Waals surface area contributed by atoms with Crippen molar-refractivity contribution in [3.8, 4) is 0 Å². The second-order valence-corrected chi connectivity index (χ2v) is 3.57. The molecule has 0 unspecified atom stereocenters. The number of amides is 2. The molecule has 98 valence electrons.